The molecule has 0 unspecified atom stereocenters. The molecule has 27 heavy (non-hydrogen) atoms. The van der Waals surface area contributed by atoms with Crippen molar-refractivity contribution in [1.29, 1.82) is 0 Å². The summed E-state index contributed by atoms with van der Waals surface area (Å²) in [4.78, 5) is 26.1. The molecule has 144 valence electrons. The number of allylic oxidation sites excluding steroid dienone is 3. The van der Waals surface area contributed by atoms with Gasteiger partial charge in [0.15, 0.2) is 5.78 Å². The number of esters is 1. The molecule has 0 spiro atoms. The van der Waals surface area contributed by atoms with Crippen LogP contribution in [0.5, 0.6) is 0 Å². The third kappa shape index (κ3) is 3.98. The lowest BCUT2D eigenvalue weighted by Gasteiger charge is -2.39. The fourth-order valence-electron chi connectivity index (χ4n) is 4.00. The van der Waals surface area contributed by atoms with Crippen LogP contribution in [0, 0.1) is 8.99 Å². The minimum Gasteiger partial charge on any atom is -0.460 e. The molecule has 0 aromatic heterocycles. The molecule has 4 nitrogen and oxygen atoms in total. The Kier molecular flexibility index (Phi) is 5.52. The molecule has 5 heteroatoms. The van der Waals surface area contributed by atoms with Gasteiger partial charge in [-0.05, 0) is 66.8 Å². The molecule has 0 amide bonds. The number of halogens is 1. The molecule has 0 fully saturated rings. The summed E-state index contributed by atoms with van der Waals surface area (Å²) < 4.78 is 6.57. The van der Waals surface area contributed by atoms with E-state index in [4.69, 9.17) is 4.74 Å². The van der Waals surface area contributed by atoms with Crippen LogP contribution in [0.1, 0.15) is 58.9 Å². The second kappa shape index (κ2) is 7.41. The molecule has 1 aliphatic heterocycles. The van der Waals surface area contributed by atoms with Crippen molar-refractivity contribution in [3.05, 3.63) is 55.9 Å². The van der Waals surface area contributed by atoms with E-state index in [1.807, 2.05) is 45.0 Å². The summed E-state index contributed by atoms with van der Waals surface area (Å²) in [5.74, 6) is -0.631. The fourth-order valence-corrected chi connectivity index (χ4v) is 4.70. The average molecular weight is 479 g/mol. The summed E-state index contributed by atoms with van der Waals surface area (Å²) in [6.07, 6.45) is 1.06. The lowest BCUT2D eigenvalue weighted by atomic mass is 9.68. The smallest absolute Gasteiger partial charge is 0.337 e. The van der Waals surface area contributed by atoms with Crippen molar-refractivity contribution in [3.8, 4) is 0 Å². The SMILES string of the molecule is CC1=C(C(=O)OC(C)C)[C@H](c2ccccc2I)C2=C(CC(C)(C)CC2=O)N1. The quantitative estimate of drug-likeness (QED) is 0.498. The van der Waals surface area contributed by atoms with E-state index in [9.17, 15) is 9.59 Å². The number of Topliss-reactive ketones (excluding diaryl/α,β-unsaturated/α-hetero) is 1. The van der Waals surface area contributed by atoms with Crippen molar-refractivity contribution in [3.63, 3.8) is 0 Å². The Hall–Kier alpha value is -1.63. The molecule has 0 bridgehead atoms. The molecule has 0 saturated carbocycles. The van der Waals surface area contributed by atoms with Crippen LogP contribution >= 0.6 is 22.6 Å². The standard InChI is InChI=1S/C22H26INO3/c1-12(2)27-21(26)18-13(3)24-16-10-22(4,5)11-17(25)20(16)19(18)14-8-6-7-9-15(14)23/h6-9,12,19,24H,10-11H2,1-5H3/t19-/m0/s1. The third-order valence-corrected chi connectivity index (χ3v) is 6.00. The van der Waals surface area contributed by atoms with Crippen LogP contribution in [-0.2, 0) is 14.3 Å². The lowest BCUT2D eigenvalue weighted by molar-refractivity contribution is -0.143. The van der Waals surface area contributed by atoms with Gasteiger partial charge in [-0.25, -0.2) is 4.79 Å². The van der Waals surface area contributed by atoms with E-state index in [2.05, 4.69) is 41.8 Å². The minimum atomic E-state index is -0.385. The molecule has 1 aromatic carbocycles. The van der Waals surface area contributed by atoms with Crippen molar-refractivity contribution in [2.45, 2.75) is 59.5 Å². The van der Waals surface area contributed by atoms with Gasteiger partial charge in [0.25, 0.3) is 0 Å². The van der Waals surface area contributed by atoms with E-state index < -0.39 is 0 Å². The van der Waals surface area contributed by atoms with Gasteiger partial charge in [0.2, 0.25) is 0 Å². The van der Waals surface area contributed by atoms with E-state index in [0.717, 1.165) is 32.5 Å². The van der Waals surface area contributed by atoms with Crippen LogP contribution in [0.4, 0.5) is 0 Å². The van der Waals surface area contributed by atoms with Gasteiger partial charge >= 0.3 is 5.97 Å². The predicted molar refractivity (Wildman–Crippen MR) is 114 cm³/mol. The number of ether oxygens (including phenoxy) is 1. The number of carbonyl (C=O) groups is 2. The van der Waals surface area contributed by atoms with E-state index >= 15 is 0 Å². The normalized spacial score (nSPS) is 21.9. The first-order chi connectivity index (χ1) is 12.6. The highest BCUT2D eigenvalue weighted by Crippen LogP contribution is 2.47. The molecule has 1 aromatic rings. The minimum absolute atomic E-state index is 0.0897. The van der Waals surface area contributed by atoms with Gasteiger partial charge in [0, 0.05) is 32.9 Å². The number of dihydropyridines is 1. The van der Waals surface area contributed by atoms with Crippen molar-refractivity contribution in [2.75, 3.05) is 0 Å². The Balaban J connectivity index is 2.19. The number of carbonyl (C=O) groups excluding carboxylic acids is 2. The Morgan fingerprint density at radius 1 is 1.26 bits per heavy atom. The van der Waals surface area contributed by atoms with E-state index in [0.29, 0.717) is 12.0 Å². The molecule has 1 N–H and O–H groups in total. The average Bonchev–Trinajstić information content (AvgIpc) is 2.51. The number of hydrogen-bond donors (Lipinski definition) is 1. The predicted octanol–water partition coefficient (Wildman–Crippen LogP) is 4.85. The number of benzene rings is 1. The van der Waals surface area contributed by atoms with Crippen molar-refractivity contribution in [1.82, 2.24) is 5.32 Å². The van der Waals surface area contributed by atoms with Crippen LogP contribution in [0.25, 0.3) is 0 Å². The summed E-state index contributed by atoms with van der Waals surface area (Å²) >= 11 is 2.28. The summed E-state index contributed by atoms with van der Waals surface area (Å²) in [7, 11) is 0. The summed E-state index contributed by atoms with van der Waals surface area (Å²) in [6.45, 7) is 9.79. The first-order valence-corrected chi connectivity index (χ1v) is 10.4. The van der Waals surface area contributed by atoms with Crippen molar-refractivity contribution < 1.29 is 14.3 Å². The van der Waals surface area contributed by atoms with Crippen LogP contribution < -0.4 is 5.32 Å². The fraction of sp³-hybridized carbons (Fsp3) is 0.455. The Labute approximate surface area is 174 Å². The van der Waals surface area contributed by atoms with Crippen molar-refractivity contribution in [2.24, 2.45) is 5.41 Å². The lowest BCUT2D eigenvalue weighted by Crippen LogP contribution is -2.39. The second-order valence-electron chi connectivity index (χ2n) is 8.41. The maximum Gasteiger partial charge on any atom is 0.337 e. The van der Waals surface area contributed by atoms with Gasteiger partial charge in [-0.1, -0.05) is 32.0 Å². The van der Waals surface area contributed by atoms with E-state index in [-0.39, 0.29) is 29.2 Å². The Morgan fingerprint density at radius 3 is 2.56 bits per heavy atom. The maximum absolute atomic E-state index is 13.2. The van der Waals surface area contributed by atoms with E-state index in [1.165, 1.54) is 0 Å². The highest BCUT2D eigenvalue weighted by molar-refractivity contribution is 14.1. The second-order valence-corrected chi connectivity index (χ2v) is 9.57. The van der Waals surface area contributed by atoms with E-state index in [1.54, 1.807) is 0 Å². The molecule has 0 saturated heterocycles. The van der Waals surface area contributed by atoms with Crippen LogP contribution in [0.15, 0.2) is 46.8 Å². The van der Waals surface area contributed by atoms with Gasteiger partial charge in [0.1, 0.15) is 0 Å². The zero-order chi connectivity index (χ0) is 19.9. The van der Waals surface area contributed by atoms with Crippen LogP contribution in [-0.4, -0.2) is 17.9 Å². The first kappa shape index (κ1) is 20.1. The zero-order valence-electron chi connectivity index (χ0n) is 16.5. The molecule has 2 aliphatic rings. The zero-order valence-corrected chi connectivity index (χ0v) is 18.6. The molecular weight excluding hydrogens is 453 g/mol. The van der Waals surface area contributed by atoms with Gasteiger partial charge in [-0.2, -0.15) is 0 Å². The van der Waals surface area contributed by atoms with Crippen LogP contribution in [0.3, 0.4) is 0 Å². The molecular formula is C22H26INO3. The molecule has 1 heterocycles. The van der Waals surface area contributed by atoms with Gasteiger partial charge < -0.3 is 10.1 Å². The van der Waals surface area contributed by atoms with Gasteiger partial charge in [-0.15, -0.1) is 0 Å². The number of nitrogens with one attached hydrogen (secondary N) is 1. The maximum atomic E-state index is 13.2. The molecule has 0 radical (unpaired) electrons. The summed E-state index contributed by atoms with van der Waals surface area (Å²) in [5, 5.41) is 3.36. The third-order valence-electron chi connectivity index (χ3n) is 5.02. The highest BCUT2D eigenvalue weighted by atomic mass is 127. The molecule has 1 atom stereocenters. The molecule has 3 rings (SSSR count). The number of rotatable bonds is 3. The summed E-state index contributed by atoms with van der Waals surface area (Å²) in [6, 6.07) is 7.94. The first-order valence-electron chi connectivity index (χ1n) is 9.30. The number of hydrogen-bond acceptors (Lipinski definition) is 4. The topological polar surface area (TPSA) is 55.4 Å². The van der Waals surface area contributed by atoms with Crippen molar-refractivity contribution >= 4 is 34.3 Å². The van der Waals surface area contributed by atoms with Gasteiger partial charge in [0.05, 0.1) is 11.7 Å². The van der Waals surface area contributed by atoms with Crippen LogP contribution in [0.2, 0.25) is 0 Å². The largest absolute Gasteiger partial charge is 0.460 e. The summed E-state index contributed by atoms with van der Waals surface area (Å²) in [5.41, 5.74) is 3.87. The Bertz CT molecular complexity index is 864. The highest BCUT2D eigenvalue weighted by Gasteiger charge is 2.43. The van der Waals surface area contributed by atoms with Gasteiger partial charge in [-0.3, -0.25) is 4.79 Å². The number of ketones is 1. The molecule has 1 aliphatic carbocycles. The Morgan fingerprint density at radius 2 is 1.93 bits per heavy atom. The monoisotopic (exact) mass is 479 g/mol.